The van der Waals surface area contributed by atoms with E-state index in [1.807, 2.05) is 12.3 Å². The van der Waals surface area contributed by atoms with Crippen LogP contribution in [0.1, 0.15) is 103 Å². The molecule has 0 spiro atoms. The Morgan fingerprint density at radius 3 is 2.33 bits per heavy atom. The molecule has 6 heteroatoms. The number of ether oxygens (including phenoxy) is 1. The molecular formula is C46H52N4OPt. The number of aryl methyl sites for hydroxylation is 2. The number of hydrogen-bond acceptors (Lipinski definition) is 3. The molecule has 1 aliphatic rings. The summed E-state index contributed by atoms with van der Waals surface area (Å²) in [6.45, 7) is 25.1. The van der Waals surface area contributed by atoms with Crippen molar-refractivity contribution in [3.63, 3.8) is 0 Å². The monoisotopic (exact) mass is 871 g/mol. The molecule has 1 aliphatic carbocycles. The van der Waals surface area contributed by atoms with Crippen molar-refractivity contribution in [2.24, 2.45) is 17.3 Å². The van der Waals surface area contributed by atoms with Gasteiger partial charge in [-0.15, -0.1) is 41.3 Å². The minimum atomic E-state index is -0.115. The maximum atomic E-state index is 6.69. The second-order valence-electron chi connectivity index (χ2n) is 16.9. The summed E-state index contributed by atoms with van der Waals surface area (Å²) in [5.41, 5.74) is 10.5. The molecule has 52 heavy (non-hydrogen) atoms. The van der Waals surface area contributed by atoms with Gasteiger partial charge < -0.3 is 9.30 Å². The summed E-state index contributed by atoms with van der Waals surface area (Å²) in [4.78, 5) is 4.78. The first-order valence-electron chi connectivity index (χ1n) is 18.5. The SMILES string of the molecule is CCc1ccnc(-n2c3[c-]c(Oc4[c-]c(-n5nc(C)c(C6C(C)=C[C@H](C(C)(C)C)C[C@@H]6C)c5C)cc(C(C)(C)C)c4)ccc3c3ccccc32)c1.[Pt+2]. The van der Waals surface area contributed by atoms with Crippen LogP contribution in [0.25, 0.3) is 33.3 Å². The van der Waals surface area contributed by atoms with Crippen molar-refractivity contribution in [1.29, 1.82) is 0 Å². The molecule has 0 amide bonds. The van der Waals surface area contributed by atoms with Crippen LogP contribution < -0.4 is 4.74 Å². The summed E-state index contributed by atoms with van der Waals surface area (Å²) in [5.74, 6) is 3.60. The Kier molecular flexibility index (Phi) is 10.3. The van der Waals surface area contributed by atoms with Crippen molar-refractivity contribution in [1.82, 2.24) is 19.3 Å². The summed E-state index contributed by atoms with van der Waals surface area (Å²) >= 11 is 0. The zero-order valence-electron chi connectivity index (χ0n) is 32.6. The summed E-state index contributed by atoms with van der Waals surface area (Å²) < 4.78 is 11.0. The molecule has 7 rings (SSSR count). The van der Waals surface area contributed by atoms with Gasteiger partial charge in [0.05, 0.1) is 5.69 Å². The van der Waals surface area contributed by atoms with Crippen LogP contribution in [0.5, 0.6) is 11.5 Å². The number of allylic oxidation sites excluding steroid dienone is 2. The molecule has 0 N–H and O–H groups in total. The van der Waals surface area contributed by atoms with Gasteiger partial charge in [-0.3, -0.25) is 4.68 Å². The van der Waals surface area contributed by atoms with Gasteiger partial charge in [0.2, 0.25) is 0 Å². The molecule has 1 unspecified atom stereocenters. The molecular weight excluding hydrogens is 820 g/mol. The number of rotatable bonds is 6. The molecule has 0 saturated carbocycles. The van der Waals surface area contributed by atoms with Gasteiger partial charge in [-0.2, -0.15) is 11.2 Å². The summed E-state index contributed by atoms with van der Waals surface area (Å²) in [7, 11) is 0. The maximum absolute atomic E-state index is 6.69. The molecule has 6 aromatic rings. The van der Waals surface area contributed by atoms with Crippen LogP contribution in [0.4, 0.5) is 0 Å². The first-order valence-corrected chi connectivity index (χ1v) is 18.5. The number of aromatic nitrogens is 4. The van der Waals surface area contributed by atoms with Crippen LogP contribution in [0.2, 0.25) is 0 Å². The zero-order chi connectivity index (χ0) is 36.4. The third-order valence-electron chi connectivity index (χ3n) is 11.1. The molecule has 3 atom stereocenters. The Labute approximate surface area is 324 Å². The van der Waals surface area contributed by atoms with E-state index < -0.39 is 0 Å². The molecule has 272 valence electrons. The predicted molar refractivity (Wildman–Crippen MR) is 211 cm³/mol. The van der Waals surface area contributed by atoms with E-state index in [-0.39, 0.29) is 31.9 Å². The van der Waals surface area contributed by atoms with Crippen molar-refractivity contribution < 1.29 is 25.8 Å². The van der Waals surface area contributed by atoms with Crippen molar-refractivity contribution in [3.05, 3.63) is 119 Å². The van der Waals surface area contributed by atoms with Gasteiger partial charge in [-0.1, -0.05) is 90.8 Å². The standard InChI is InChI=1S/C46H52N4O.Pt/c1-12-32-19-20-47-42(23-32)49-40-16-14-13-15-38(40)39-18-17-36(27-41(39)49)51-37-25-34(46(9,10)11)24-35(26-37)50-31(5)44(30(4)48-50)43-28(2)21-33(22-29(43)3)45(6,7)8;/h13-21,23-25,29,33,43H,12,22H2,1-11H3;/q-2;+2/t29-,33-,43?;/m0./s1. The molecule has 0 aliphatic heterocycles. The quantitative estimate of drug-likeness (QED) is 0.124. The Balaban J connectivity index is 0.00000464. The van der Waals surface area contributed by atoms with E-state index in [2.05, 4.69) is 158 Å². The number of fused-ring (bicyclic) bond motifs is 3. The van der Waals surface area contributed by atoms with Crippen LogP contribution in [-0.2, 0) is 32.9 Å². The Morgan fingerprint density at radius 1 is 0.885 bits per heavy atom. The van der Waals surface area contributed by atoms with Gasteiger partial charge in [0.15, 0.2) is 0 Å². The van der Waals surface area contributed by atoms with E-state index in [1.165, 1.54) is 28.8 Å². The minimum Gasteiger partial charge on any atom is -0.509 e. The first-order chi connectivity index (χ1) is 24.1. The number of pyridine rings is 1. The Morgan fingerprint density at radius 2 is 1.63 bits per heavy atom. The van der Waals surface area contributed by atoms with E-state index in [9.17, 15) is 0 Å². The van der Waals surface area contributed by atoms with Gasteiger partial charge >= 0.3 is 21.1 Å². The van der Waals surface area contributed by atoms with Crippen LogP contribution in [-0.4, -0.2) is 19.3 Å². The van der Waals surface area contributed by atoms with Crippen LogP contribution in [0.15, 0.2) is 78.5 Å². The average Bonchev–Trinajstić information content (AvgIpc) is 3.56. The normalized spacial score (nSPS) is 18.1. The molecule has 0 radical (unpaired) electrons. The van der Waals surface area contributed by atoms with Gasteiger partial charge in [0.1, 0.15) is 5.82 Å². The number of nitrogens with zero attached hydrogens (tertiary/aromatic N) is 4. The maximum Gasteiger partial charge on any atom is 2.00 e. The summed E-state index contributed by atoms with van der Waals surface area (Å²) in [5, 5.41) is 7.45. The first kappa shape index (κ1) is 37.8. The summed E-state index contributed by atoms with van der Waals surface area (Å²) in [6.07, 6.45) is 6.54. The second-order valence-corrected chi connectivity index (χ2v) is 16.9. The van der Waals surface area contributed by atoms with Gasteiger partial charge in [-0.25, -0.2) is 4.98 Å². The van der Waals surface area contributed by atoms with Crippen molar-refractivity contribution in [2.75, 3.05) is 0 Å². The van der Waals surface area contributed by atoms with E-state index in [0.29, 0.717) is 29.3 Å². The van der Waals surface area contributed by atoms with Crippen molar-refractivity contribution in [2.45, 2.75) is 100 Å². The molecule has 3 aromatic heterocycles. The number of hydrogen-bond donors (Lipinski definition) is 0. The van der Waals surface area contributed by atoms with E-state index in [0.717, 1.165) is 51.0 Å². The fraction of sp³-hybridized carbons (Fsp3) is 0.391. The van der Waals surface area contributed by atoms with Crippen molar-refractivity contribution in [3.8, 4) is 23.0 Å². The zero-order valence-corrected chi connectivity index (χ0v) is 34.9. The minimum absolute atomic E-state index is 0. The smallest absolute Gasteiger partial charge is 0.509 e. The van der Waals surface area contributed by atoms with Gasteiger partial charge in [-0.05, 0) is 91.1 Å². The predicted octanol–water partition coefficient (Wildman–Crippen LogP) is 12.0. The molecule has 0 saturated heterocycles. The fourth-order valence-corrected chi connectivity index (χ4v) is 8.15. The largest absolute Gasteiger partial charge is 2.00 e. The number of benzene rings is 3. The third kappa shape index (κ3) is 6.94. The summed E-state index contributed by atoms with van der Waals surface area (Å²) in [6, 6.07) is 28.4. The van der Waals surface area contributed by atoms with Crippen LogP contribution >= 0.6 is 0 Å². The second kappa shape index (κ2) is 14.1. The third-order valence-corrected chi connectivity index (χ3v) is 11.1. The Bertz CT molecular complexity index is 2290. The Hall–Kier alpha value is -3.95. The van der Waals surface area contributed by atoms with Crippen LogP contribution in [0, 0.1) is 43.2 Å². The topological polar surface area (TPSA) is 44.9 Å². The molecule has 5 nitrogen and oxygen atoms in total. The van der Waals surface area contributed by atoms with E-state index >= 15 is 0 Å². The molecule has 0 fully saturated rings. The molecule has 3 heterocycles. The average molecular weight is 872 g/mol. The fourth-order valence-electron chi connectivity index (χ4n) is 8.15. The molecule has 0 bridgehead atoms. The molecule has 3 aromatic carbocycles. The van der Waals surface area contributed by atoms with Crippen LogP contribution in [0.3, 0.4) is 0 Å². The van der Waals surface area contributed by atoms with Gasteiger partial charge in [0, 0.05) is 40.4 Å². The van der Waals surface area contributed by atoms with Crippen molar-refractivity contribution >= 4 is 21.8 Å². The number of para-hydroxylation sites is 1. The van der Waals surface area contributed by atoms with Gasteiger partial charge in [0.25, 0.3) is 0 Å². The van der Waals surface area contributed by atoms with E-state index in [1.54, 1.807) is 0 Å². The van der Waals surface area contributed by atoms with E-state index in [4.69, 9.17) is 14.8 Å².